The first-order valence-electron chi connectivity index (χ1n) is 8.87. The van der Waals surface area contributed by atoms with Crippen LogP contribution in [0.25, 0.3) is 0 Å². The molecule has 1 N–H and O–H groups in total. The van der Waals surface area contributed by atoms with Gasteiger partial charge in [-0.2, -0.15) is 0 Å². The fraction of sp³-hybridized carbons (Fsp3) is 0.632. The van der Waals surface area contributed by atoms with Crippen molar-refractivity contribution >= 4 is 18.3 Å². The second-order valence-corrected chi connectivity index (χ2v) is 6.75. The summed E-state index contributed by atoms with van der Waals surface area (Å²) in [5.74, 6) is 0.352. The molecular weight excluding hydrogens is 308 g/mol. The maximum Gasteiger partial charge on any atom is 0.224 e. The molecule has 0 radical (unpaired) electrons. The van der Waals surface area contributed by atoms with Gasteiger partial charge in [0.15, 0.2) is 0 Å². The molecule has 1 heterocycles. The van der Waals surface area contributed by atoms with Crippen LogP contribution in [0.2, 0.25) is 0 Å². The van der Waals surface area contributed by atoms with E-state index >= 15 is 0 Å². The monoisotopic (exact) mass is 336 g/mol. The zero-order chi connectivity index (χ0) is 15.4. The third-order valence-corrected chi connectivity index (χ3v) is 5.13. The Bertz CT molecular complexity index is 514. The molecule has 3 rings (SSSR count). The van der Waals surface area contributed by atoms with Crippen molar-refractivity contribution in [3.8, 4) is 0 Å². The predicted molar refractivity (Wildman–Crippen MR) is 97.1 cm³/mol. The number of aryl methyl sites for hydroxylation is 1. The Morgan fingerprint density at radius 3 is 2.74 bits per heavy atom. The molecule has 2 unspecified atom stereocenters. The Kier molecular flexibility index (Phi) is 6.91. The molecule has 1 saturated heterocycles. The molecular formula is C19H29ClN2O. The van der Waals surface area contributed by atoms with Crippen LogP contribution in [0.4, 0.5) is 0 Å². The van der Waals surface area contributed by atoms with Crippen molar-refractivity contribution in [3.63, 3.8) is 0 Å². The van der Waals surface area contributed by atoms with E-state index in [0.717, 1.165) is 45.2 Å². The number of hydrogen-bond donors (Lipinski definition) is 1. The Morgan fingerprint density at radius 1 is 1.26 bits per heavy atom. The van der Waals surface area contributed by atoms with Gasteiger partial charge in [0.1, 0.15) is 0 Å². The van der Waals surface area contributed by atoms with E-state index in [4.69, 9.17) is 0 Å². The van der Waals surface area contributed by atoms with Crippen molar-refractivity contribution in [2.24, 2.45) is 0 Å². The molecule has 0 bridgehead atoms. The molecule has 1 aliphatic heterocycles. The van der Waals surface area contributed by atoms with Gasteiger partial charge in [0.25, 0.3) is 0 Å². The maximum absolute atomic E-state index is 12.8. The minimum absolute atomic E-state index is 0. The van der Waals surface area contributed by atoms with Crippen molar-refractivity contribution in [2.45, 2.75) is 64.0 Å². The molecule has 2 aliphatic rings. The van der Waals surface area contributed by atoms with Gasteiger partial charge in [-0.25, -0.2) is 0 Å². The SMILES string of the molecule is CCCN(C(=O)CC1CCCN1)C1CCc2ccccc2C1.Cl. The van der Waals surface area contributed by atoms with Crippen LogP contribution < -0.4 is 5.32 Å². The number of rotatable bonds is 5. The number of halogens is 1. The van der Waals surface area contributed by atoms with E-state index in [9.17, 15) is 4.79 Å². The number of benzene rings is 1. The highest BCUT2D eigenvalue weighted by Crippen LogP contribution is 2.25. The summed E-state index contributed by atoms with van der Waals surface area (Å²) in [6.45, 7) is 4.14. The van der Waals surface area contributed by atoms with E-state index < -0.39 is 0 Å². The minimum Gasteiger partial charge on any atom is -0.339 e. The minimum atomic E-state index is 0. The molecule has 2 atom stereocenters. The Labute approximate surface area is 146 Å². The lowest BCUT2D eigenvalue weighted by Gasteiger charge is -2.36. The van der Waals surface area contributed by atoms with Crippen LogP contribution in [0.1, 0.15) is 50.2 Å². The van der Waals surface area contributed by atoms with Gasteiger partial charge < -0.3 is 10.2 Å². The fourth-order valence-corrected chi connectivity index (χ4v) is 3.96. The summed E-state index contributed by atoms with van der Waals surface area (Å²) in [6, 6.07) is 9.51. The normalized spacial score (nSPS) is 23.0. The Morgan fingerprint density at radius 2 is 2.04 bits per heavy atom. The second-order valence-electron chi connectivity index (χ2n) is 6.75. The number of hydrogen-bond acceptors (Lipinski definition) is 2. The summed E-state index contributed by atoms with van der Waals surface area (Å²) < 4.78 is 0. The van der Waals surface area contributed by atoms with E-state index in [0.29, 0.717) is 24.4 Å². The first kappa shape index (κ1) is 18.3. The lowest BCUT2D eigenvalue weighted by atomic mass is 9.87. The number of fused-ring (bicyclic) bond motifs is 1. The summed E-state index contributed by atoms with van der Waals surface area (Å²) in [7, 11) is 0. The summed E-state index contributed by atoms with van der Waals surface area (Å²) in [5.41, 5.74) is 2.91. The van der Waals surface area contributed by atoms with Crippen LogP contribution in [0.15, 0.2) is 24.3 Å². The van der Waals surface area contributed by atoms with Crippen molar-refractivity contribution < 1.29 is 4.79 Å². The quantitative estimate of drug-likeness (QED) is 0.894. The molecule has 1 amide bonds. The lowest BCUT2D eigenvalue weighted by molar-refractivity contribution is -0.134. The second kappa shape index (κ2) is 8.70. The first-order chi connectivity index (χ1) is 10.8. The zero-order valence-corrected chi connectivity index (χ0v) is 14.9. The number of carbonyl (C=O) groups excluding carboxylic acids is 1. The van der Waals surface area contributed by atoms with E-state index in [1.54, 1.807) is 0 Å². The highest BCUT2D eigenvalue weighted by Gasteiger charge is 2.29. The van der Waals surface area contributed by atoms with Crippen molar-refractivity contribution in [1.29, 1.82) is 0 Å². The Balaban J connectivity index is 0.00000192. The molecule has 3 nitrogen and oxygen atoms in total. The molecule has 0 aromatic heterocycles. The van der Waals surface area contributed by atoms with Gasteiger partial charge in [-0.3, -0.25) is 4.79 Å². The Hall–Kier alpha value is -1.06. The summed E-state index contributed by atoms with van der Waals surface area (Å²) in [4.78, 5) is 15.0. The smallest absolute Gasteiger partial charge is 0.224 e. The van der Waals surface area contributed by atoms with Crippen molar-refractivity contribution in [1.82, 2.24) is 10.2 Å². The molecule has 128 valence electrons. The van der Waals surface area contributed by atoms with Crippen molar-refractivity contribution in [2.75, 3.05) is 13.1 Å². The molecule has 4 heteroatoms. The van der Waals surface area contributed by atoms with Gasteiger partial charge in [0.05, 0.1) is 0 Å². The fourth-order valence-electron chi connectivity index (χ4n) is 3.96. The van der Waals surface area contributed by atoms with Gasteiger partial charge in [-0.05, 0) is 56.2 Å². The maximum atomic E-state index is 12.8. The van der Waals surface area contributed by atoms with Gasteiger partial charge in [-0.15, -0.1) is 12.4 Å². The molecule has 1 aromatic carbocycles. The molecule has 0 saturated carbocycles. The van der Waals surface area contributed by atoms with Gasteiger partial charge in [-0.1, -0.05) is 31.2 Å². The summed E-state index contributed by atoms with van der Waals surface area (Å²) in [6.07, 6.45) is 7.33. The topological polar surface area (TPSA) is 32.3 Å². The van der Waals surface area contributed by atoms with Gasteiger partial charge in [0, 0.05) is 25.0 Å². The standard InChI is InChI=1S/C19H28N2O.ClH/c1-2-12-21(19(22)14-17-8-5-11-20-17)18-10-9-15-6-3-4-7-16(15)13-18;/h3-4,6-7,17-18,20H,2,5,8-14H2,1H3;1H. The van der Waals surface area contributed by atoms with Crippen LogP contribution >= 0.6 is 12.4 Å². The van der Waals surface area contributed by atoms with Crippen LogP contribution in [0.5, 0.6) is 0 Å². The third-order valence-electron chi connectivity index (χ3n) is 5.13. The van der Waals surface area contributed by atoms with Gasteiger partial charge >= 0.3 is 0 Å². The van der Waals surface area contributed by atoms with Crippen LogP contribution in [0, 0.1) is 0 Å². The molecule has 23 heavy (non-hydrogen) atoms. The largest absolute Gasteiger partial charge is 0.339 e. The average molecular weight is 337 g/mol. The van der Waals surface area contributed by atoms with Gasteiger partial charge in [0.2, 0.25) is 5.91 Å². The van der Waals surface area contributed by atoms with Crippen molar-refractivity contribution in [3.05, 3.63) is 35.4 Å². The molecule has 1 aliphatic carbocycles. The van der Waals surface area contributed by atoms with Crippen LogP contribution in [0.3, 0.4) is 0 Å². The number of nitrogens with zero attached hydrogens (tertiary/aromatic N) is 1. The summed E-state index contributed by atoms with van der Waals surface area (Å²) >= 11 is 0. The first-order valence-corrected chi connectivity index (χ1v) is 8.87. The molecule has 0 spiro atoms. The number of carbonyl (C=O) groups is 1. The van der Waals surface area contributed by atoms with E-state index in [1.807, 2.05) is 0 Å². The average Bonchev–Trinajstić information content (AvgIpc) is 3.05. The van der Waals surface area contributed by atoms with Crippen LogP contribution in [-0.4, -0.2) is 36.0 Å². The van der Waals surface area contributed by atoms with Crippen LogP contribution in [-0.2, 0) is 17.6 Å². The molecule has 1 fully saturated rings. The summed E-state index contributed by atoms with van der Waals surface area (Å²) in [5, 5.41) is 3.46. The third kappa shape index (κ3) is 4.48. The van der Waals surface area contributed by atoms with E-state index in [1.165, 1.54) is 17.5 Å². The number of amides is 1. The predicted octanol–water partition coefficient (Wildman–Crippen LogP) is 3.35. The highest BCUT2D eigenvalue weighted by atomic mass is 35.5. The number of nitrogens with one attached hydrogen (secondary N) is 1. The zero-order valence-electron chi connectivity index (χ0n) is 14.1. The molecule has 1 aromatic rings. The highest BCUT2D eigenvalue weighted by molar-refractivity contribution is 5.85. The van der Waals surface area contributed by atoms with E-state index in [-0.39, 0.29) is 12.4 Å². The lowest BCUT2D eigenvalue weighted by Crippen LogP contribution is -2.45. The van der Waals surface area contributed by atoms with E-state index in [2.05, 4.69) is 41.4 Å².